The van der Waals surface area contributed by atoms with E-state index < -0.39 is 0 Å². The molecule has 2 heterocycles. The van der Waals surface area contributed by atoms with Gasteiger partial charge in [-0.15, -0.1) is 0 Å². The molecule has 0 bridgehead atoms. The lowest BCUT2D eigenvalue weighted by Gasteiger charge is -2.34. The van der Waals surface area contributed by atoms with E-state index in [1.807, 2.05) is 18.2 Å². The van der Waals surface area contributed by atoms with E-state index in [0.717, 1.165) is 31.2 Å². The smallest absolute Gasteiger partial charge is 0.250 e. The fourth-order valence-corrected chi connectivity index (χ4v) is 4.84. The monoisotopic (exact) mass is 483 g/mol. The summed E-state index contributed by atoms with van der Waals surface area (Å²) in [5.41, 5.74) is 3.32. The van der Waals surface area contributed by atoms with Crippen LogP contribution in [0.25, 0.3) is 0 Å². The quantitative estimate of drug-likeness (QED) is 0.192. The maximum Gasteiger partial charge on any atom is 0.250 e. The van der Waals surface area contributed by atoms with Crippen molar-refractivity contribution in [2.75, 3.05) is 12.5 Å². The first-order valence-corrected chi connectivity index (χ1v) is 12.3. The minimum absolute atomic E-state index is 0.149. The van der Waals surface area contributed by atoms with Gasteiger partial charge in [0.25, 0.3) is 0 Å². The van der Waals surface area contributed by atoms with Crippen LogP contribution < -0.4 is 20.7 Å². The van der Waals surface area contributed by atoms with E-state index in [1.165, 1.54) is 30.8 Å². The molecule has 1 aromatic carbocycles. The number of rotatable bonds is 8. The molecule has 3 N–H and O–H groups in total. The fourth-order valence-electron chi connectivity index (χ4n) is 4.11. The molecule has 0 atom stereocenters. The summed E-state index contributed by atoms with van der Waals surface area (Å²) in [7, 11) is 0. The van der Waals surface area contributed by atoms with Gasteiger partial charge in [0.2, 0.25) is 12.7 Å². The van der Waals surface area contributed by atoms with Gasteiger partial charge in [-0.3, -0.25) is 4.79 Å². The van der Waals surface area contributed by atoms with Crippen LogP contribution in [0.3, 0.4) is 0 Å². The highest BCUT2D eigenvalue weighted by Gasteiger charge is 2.28. The molecule has 0 saturated heterocycles. The van der Waals surface area contributed by atoms with E-state index in [2.05, 4.69) is 27.1 Å². The average Bonchev–Trinajstić information content (AvgIpc) is 3.47. The number of amidine groups is 1. The number of nitrogens with one attached hydrogen (secondary N) is 1. The minimum Gasteiger partial charge on any atom is -0.463 e. The summed E-state index contributed by atoms with van der Waals surface area (Å²) in [6.45, 7) is 4.48. The second kappa shape index (κ2) is 11.6. The van der Waals surface area contributed by atoms with Crippen molar-refractivity contribution in [3.05, 3.63) is 59.5 Å². The number of thioether (sulfide) groups is 1. The van der Waals surface area contributed by atoms with Crippen molar-refractivity contribution >= 4 is 29.7 Å². The van der Waals surface area contributed by atoms with Crippen LogP contribution in [0, 0.1) is 0 Å². The van der Waals surface area contributed by atoms with E-state index in [4.69, 9.17) is 19.7 Å². The molecule has 1 fully saturated rings. The lowest BCUT2D eigenvalue weighted by atomic mass is 10.1. The Morgan fingerprint density at radius 1 is 1.21 bits per heavy atom. The molecule has 2 aliphatic rings. The number of hydrogen-bond acceptors (Lipinski definition) is 8. The van der Waals surface area contributed by atoms with E-state index in [-0.39, 0.29) is 24.5 Å². The van der Waals surface area contributed by atoms with Gasteiger partial charge in [0.05, 0.1) is 23.3 Å². The number of carbonyl (C=O) groups is 1. The molecule has 1 aliphatic heterocycles. The van der Waals surface area contributed by atoms with E-state index in [0.29, 0.717) is 28.1 Å². The zero-order chi connectivity index (χ0) is 23.8. The van der Waals surface area contributed by atoms with Gasteiger partial charge in [-0.2, -0.15) is 10.2 Å². The minimum atomic E-state index is -0.246. The van der Waals surface area contributed by atoms with Crippen LogP contribution in [-0.4, -0.2) is 41.4 Å². The molecule has 2 aromatic rings. The highest BCUT2D eigenvalue weighted by molar-refractivity contribution is 8.03. The number of nitrogens with zero attached hydrogens (tertiary/aromatic N) is 3. The van der Waals surface area contributed by atoms with Gasteiger partial charge < -0.3 is 24.6 Å². The molecule has 1 aliphatic carbocycles. The number of carbonyl (C=O) groups excluding carboxylic acids is 1. The molecule has 4 rings (SSSR count). The third-order valence-electron chi connectivity index (χ3n) is 5.73. The first kappa shape index (κ1) is 23.7. The molecule has 34 heavy (non-hydrogen) atoms. The van der Waals surface area contributed by atoms with E-state index in [1.54, 1.807) is 18.4 Å². The molecular formula is C24H29N5O4S. The van der Waals surface area contributed by atoms with Crippen LogP contribution >= 0.6 is 11.8 Å². The molecule has 0 radical (unpaired) electrons. The van der Waals surface area contributed by atoms with Crippen LogP contribution in [0.5, 0.6) is 11.5 Å². The average molecular weight is 484 g/mol. The topological polar surface area (TPSA) is 115 Å². The maximum absolute atomic E-state index is 12.3. The van der Waals surface area contributed by atoms with E-state index >= 15 is 0 Å². The Morgan fingerprint density at radius 3 is 2.74 bits per heavy atom. The molecule has 1 amide bonds. The SMILES string of the molecule is C=C(SCC(=O)N/N=C/c1ccco1)N(/C(=N\N)c1ccc2c(c1)OCO2)C1CCCCCC1. The van der Waals surface area contributed by atoms with E-state index in [9.17, 15) is 4.79 Å². The van der Waals surface area contributed by atoms with Gasteiger partial charge in [0.1, 0.15) is 5.76 Å². The predicted octanol–water partition coefficient (Wildman–Crippen LogP) is 4.01. The highest BCUT2D eigenvalue weighted by atomic mass is 32.2. The standard InChI is InChI=1S/C24H29N5O4S/c1-17(34-15-23(30)28-26-14-20-9-6-12-31-20)29(19-7-4-2-3-5-8-19)24(27-25)18-10-11-21-22(13-18)33-16-32-21/h6,9-14,19H,1-5,7-8,15-16,25H2,(H,28,30)/b26-14+,27-24-. The highest BCUT2D eigenvalue weighted by Crippen LogP contribution is 2.35. The molecule has 0 unspecified atom stereocenters. The molecule has 180 valence electrons. The van der Waals surface area contributed by atoms with Gasteiger partial charge in [-0.1, -0.05) is 44.0 Å². The summed E-state index contributed by atoms with van der Waals surface area (Å²) >= 11 is 1.33. The third kappa shape index (κ3) is 5.93. The summed E-state index contributed by atoms with van der Waals surface area (Å²) in [5, 5.41) is 8.79. The number of furan rings is 1. The van der Waals surface area contributed by atoms with Crippen LogP contribution in [0.4, 0.5) is 0 Å². The van der Waals surface area contributed by atoms with Crippen LogP contribution in [0.15, 0.2) is 62.8 Å². The van der Waals surface area contributed by atoms with Gasteiger partial charge in [0, 0.05) is 11.6 Å². The lowest BCUT2D eigenvalue weighted by Crippen LogP contribution is -2.40. The predicted molar refractivity (Wildman–Crippen MR) is 133 cm³/mol. The summed E-state index contributed by atoms with van der Waals surface area (Å²) in [5.74, 6) is 8.33. The van der Waals surface area contributed by atoms with Crippen molar-refractivity contribution in [3.8, 4) is 11.5 Å². The second-order valence-electron chi connectivity index (χ2n) is 8.03. The van der Waals surface area contributed by atoms with Crippen molar-refractivity contribution in [1.29, 1.82) is 0 Å². The summed E-state index contributed by atoms with van der Waals surface area (Å²) in [4.78, 5) is 14.4. The number of ether oxygens (including phenoxy) is 2. The zero-order valence-corrected chi connectivity index (χ0v) is 19.8. The Labute approximate surface area is 203 Å². The Morgan fingerprint density at radius 2 is 2.00 bits per heavy atom. The Hall–Kier alpha value is -3.40. The summed E-state index contributed by atoms with van der Waals surface area (Å²) < 4.78 is 16.1. The molecule has 1 saturated carbocycles. The van der Waals surface area contributed by atoms with Gasteiger partial charge in [0.15, 0.2) is 17.3 Å². The van der Waals surface area contributed by atoms with Crippen LogP contribution in [0.1, 0.15) is 49.8 Å². The summed E-state index contributed by atoms with van der Waals surface area (Å²) in [6.07, 6.45) is 9.67. The Kier molecular flexibility index (Phi) is 8.13. The third-order valence-corrected chi connectivity index (χ3v) is 6.67. The number of amides is 1. The number of fused-ring (bicyclic) bond motifs is 1. The van der Waals surface area contributed by atoms with Gasteiger partial charge in [-0.05, 0) is 43.2 Å². The van der Waals surface area contributed by atoms with Crippen molar-refractivity contribution in [3.63, 3.8) is 0 Å². The molecular weight excluding hydrogens is 454 g/mol. The first-order valence-electron chi connectivity index (χ1n) is 11.3. The lowest BCUT2D eigenvalue weighted by molar-refractivity contribution is -0.118. The van der Waals surface area contributed by atoms with Crippen LogP contribution in [-0.2, 0) is 4.79 Å². The Balaban J connectivity index is 1.47. The molecule has 9 nitrogen and oxygen atoms in total. The second-order valence-corrected chi connectivity index (χ2v) is 9.08. The molecule has 1 aromatic heterocycles. The van der Waals surface area contributed by atoms with Crippen molar-refractivity contribution < 1.29 is 18.7 Å². The first-order chi connectivity index (χ1) is 16.7. The summed E-state index contributed by atoms with van der Waals surface area (Å²) in [6, 6.07) is 9.34. The van der Waals surface area contributed by atoms with Gasteiger partial charge in [-0.25, -0.2) is 5.43 Å². The maximum atomic E-state index is 12.3. The van der Waals surface area contributed by atoms with Crippen molar-refractivity contribution in [2.24, 2.45) is 16.0 Å². The largest absolute Gasteiger partial charge is 0.463 e. The number of hydrogen-bond donors (Lipinski definition) is 2. The van der Waals surface area contributed by atoms with Crippen LogP contribution in [0.2, 0.25) is 0 Å². The zero-order valence-electron chi connectivity index (χ0n) is 18.9. The number of hydrazone groups is 2. The normalized spacial score (nSPS) is 16.4. The molecule has 10 heteroatoms. The number of benzene rings is 1. The van der Waals surface area contributed by atoms with Gasteiger partial charge >= 0.3 is 0 Å². The molecule has 0 spiro atoms. The van der Waals surface area contributed by atoms with Crippen molar-refractivity contribution in [2.45, 2.75) is 44.6 Å². The van der Waals surface area contributed by atoms with Crippen molar-refractivity contribution in [1.82, 2.24) is 10.3 Å². The Bertz CT molecular complexity index is 1050. The number of nitrogens with two attached hydrogens (primary N) is 1. The fraction of sp³-hybridized carbons (Fsp3) is 0.375.